The van der Waals surface area contributed by atoms with Gasteiger partial charge in [-0.05, 0) is 36.2 Å². The zero-order valence-electron chi connectivity index (χ0n) is 12.8. The van der Waals surface area contributed by atoms with Gasteiger partial charge in [-0.15, -0.1) is 0 Å². The predicted octanol–water partition coefficient (Wildman–Crippen LogP) is 4.77. The lowest BCUT2D eigenvalue weighted by Gasteiger charge is -2.12. The van der Waals surface area contributed by atoms with Crippen molar-refractivity contribution in [3.63, 3.8) is 0 Å². The number of benzene rings is 2. The Morgan fingerprint density at radius 1 is 1.26 bits per heavy atom. The van der Waals surface area contributed by atoms with E-state index in [2.05, 4.69) is 4.74 Å². The van der Waals surface area contributed by atoms with Gasteiger partial charge in [0.05, 0.1) is 12.7 Å². The molecule has 0 N–H and O–H groups in total. The molecule has 0 saturated carbocycles. The van der Waals surface area contributed by atoms with Crippen LogP contribution in [0.5, 0.6) is 11.5 Å². The van der Waals surface area contributed by atoms with Crippen molar-refractivity contribution in [3.8, 4) is 11.5 Å². The highest BCUT2D eigenvalue weighted by molar-refractivity contribution is 6.31. The second-order valence-electron chi connectivity index (χ2n) is 4.67. The molecule has 4 nitrogen and oxygen atoms in total. The van der Waals surface area contributed by atoms with E-state index in [0.717, 1.165) is 12.0 Å². The van der Waals surface area contributed by atoms with Crippen LogP contribution in [0, 0.1) is 5.82 Å². The summed E-state index contributed by atoms with van der Waals surface area (Å²) < 4.78 is 28.8. The Hall–Kier alpha value is -2.27. The van der Waals surface area contributed by atoms with Crippen LogP contribution < -0.4 is 9.47 Å². The van der Waals surface area contributed by atoms with Gasteiger partial charge in [-0.2, -0.15) is 0 Å². The largest absolute Gasteiger partial charge is 0.513 e. The molecule has 2 rings (SSSR count). The maximum absolute atomic E-state index is 14.0. The molecule has 0 spiro atoms. The van der Waals surface area contributed by atoms with E-state index in [1.165, 1.54) is 25.3 Å². The standard InChI is InChI=1S/C17H16ClFO4/c1-3-11-7-8-12(9-14(11)18)22-10-13-15(19)5-4-6-16(13)23-17(20)21-2/h4-9H,3,10H2,1-2H3. The zero-order chi connectivity index (χ0) is 16.8. The van der Waals surface area contributed by atoms with E-state index in [1.807, 2.05) is 13.0 Å². The summed E-state index contributed by atoms with van der Waals surface area (Å²) in [4.78, 5) is 11.2. The lowest BCUT2D eigenvalue weighted by molar-refractivity contribution is 0.120. The fraction of sp³-hybridized carbons (Fsp3) is 0.235. The summed E-state index contributed by atoms with van der Waals surface area (Å²) in [5.74, 6) is 0.00951. The molecule has 0 unspecified atom stereocenters. The molecular weight excluding hydrogens is 323 g/mol. The Balaban J connectivity index is 2.16. The summed E-state index contributed by atoms with van der Waals surface area (Å²) in [5, 5.41) is 0.588. The van der Waals surface area contributed by atoms with E-state index in [-0.39, 0.29) is 17.9 Å². The van der Waals surface area contributed by atoms with Crippen LogP contribution in [0.2, 0.25) is 5.02 Å². The Morgan fingerprint density at radius 2 is 2.04 bits per heavy atom. The number of ether oxygens (including phenoxy) is 3. The number of aryl methyl sites for hydroxylation is 1. The van der Waals surface area contributed by atoms with Crippen molar-refractivity contribution in [1.29, 1.82) is 0 Å². The summed E-state index contributed by atoms with van der Waals surface area (Å²) >= 11 is 6.12. The minimum absolute atomic E-state index is 0.0492. The van der Waals surface area contributed by atoms with Gasteiger partial charge in [0.1, 0.15) is 23.9 Å². The minimum atomic E-state index is -0.924. The van der Waals surface area contributed by atoms with Gasteiger partial charge < -0.3 is 14.2 Å². The maximum atomic E-state index is 14.0. The summed E-state index contributed by atoms with van der Waals surface area (Å²) in [6.45, 7) is 1.89. The average Bonchev–Trinajstić information content (AvgIpc) is 2.54. The van der Waals surface area contributed by atoms with Gasteiger partial charge in [-0.25, -0.2) is 9.18 Å². The third-order valence-electron chi connectivity index (χ3n) is 3.22. The highest BCUT2D eigenvalue weighted by Gasteiger charge is 2.14. The summed E-state index contributed by atoms with van der Waals surface area (Å²) in [6.07, 6.45) is -0.115. The second-order valence-corrected chi connectivity index (χ2v) is 5.08. The first-order chi connectivity index (χ1) is 11.0. The molecule has 0 heterocycles. The number of hydrogen-bond donors (Lipinski definition) is 0. The molecule has 6 heteroatoms. The lowest BCUT2D eigenvalue weighted by Crippen LogP contribution is -2.11. The van der Waals surface area contributed by atoms with Gasteiger partial charge in [0.15, 0.2) is 0 Å². The van der Waals surface area contributed by atoms with Crippen molar-refractivity contribution >= 4 is 17.8 Å². The topological polar surface area (TPSA) is 44.8 Å². The molecule has 0 radical (unpaired) electrons. The van der Waals surface area contributed by atoms with Crippen LogP contribution in [0.1, 0.15) is 18.1 Å². The molecule has 0 aliphatic heterocycles. The first kappa shape index (κ1) is 17.1. The zero-order valence-corrected chi connectivity index (χ0v) is 13.5. The van der Waals surface area contributed by atoms with Crippen LogP contribution in [0.25, 0.3) is 0 Å². The number of hydrogen-bond acceptors (Lipinski definition) is 4. The first-order valence-electron chi connectivity index (χ1n) is 6.99. The fourth-order valence-corrected chi connectivity index (χ4v) is 2.27. The van der Waals surface area contributed by atoms with Gasteiger partial charge in [0.25, 0.3) is 0 Å². The quantitative estimate of drug-likeness (QED) is 0.582. The van der Waals surface area contributed by atoms with E-state index in [1.54, 1.807) is 12.1 Å². The van der Waals surface area contributed by atoms with Gasteiger partial charge in [-0.1, -0.05) is 30.7 Å². The number of carbonyl (C=O) groups excluding carboxylic acids is 1. The molecule has 0 fully saturated rings. The van der Waals surface area contributed by atoms with Crippen LogP contribution in [0.3, 0.4) is 0 Å². The van der Waals surface area contributed by atoms with Gasteiger partial charge in [-0.3, -0.25) is 0 Å². The monoisotopic (exact) mass is 338 g/mol. The van der Waals surface area contributed by atoms with E-state index in [0.29, 0.717) is 10.8 Å². The van der Waals surface area contributed by atoms with E-state index >= 15 is 0 Å². The van der Waals surface area contributed by atoms with Crippen molar-refractivity contribution in [1.82, 2.24) is 0 Å². The molecule has 0 amide bonds. The molecule has 0 saturated heterocycles. The van der Waals surface area contributed by atoms with Crippen molar-refractivity contribution in [3.05, 3.63) is 58.4 Å². The van der Waals surface area contributed by atoms with Gasteiger partial charge in [0, 0.05) is 5.02 Å². The second kappa shape index (κ2) is 7.83. The highest BCUT2D eigenvalue weighted by Crippen LogP contribution is 2.27. The van der Waals surface area contributed by atoms with Crippen LogP contribution in [0.15, 0.2) is 36.4 Å². The van der Waals surface area contributed by atoms with Crippen molar-refractivity contribution in [2.24, 2.45) is 0 Å². The van der Waals surface area contributed by atoms with Crippen molar-refractivity contribution in [2.75, 3.05) is 7.11 Å². The summed E-state index contributed by atoms with van der Waals surface area (Å²) in [5.41, 5.74) is 1.12. The van der Waals surface area contributed by atoms with Crippen molar-refractivity contribution < 1.29 is 23.4 Å². The molecule has 2 aromatic carbocycles. The SMILES string of the molecule is CCc1ccc(OCc2c(F)cccc2OC(=O)OC)cc1Cl. The molecular formula is C17H16ClFO4. The molecule has 0 atom stereocenters. The third kappa shape index (κ3) is 4.36. The minimum Gasteiger partial charge on any atom is -0.489 e. The van der Waals surface area contributed by atoms with Crippen LogP contribution in [-0.4, -0.2) is 13.3 Å². The average molecular weight is 339 g/mol. The smallest absolute Gasteiger partial charge is 0.489 e. The number of halogens is 2. The first-order valence-corrected chi connectivity index (χ1v) is 7.37. The van der Waals surface area contributed by atoms with Crippen LogP contribution >= 0.6 is 11.6 Å². The van der Waals surface area contributed by atoms with E-state index in [9.17, 15) is 9.18 Å². The Kier molecular flexibility index (Phi) is 5.82. The summed E-state index contributed by atoms with van der Waals surface area (Å²) in [6, 6.07) is 9.44. The van der Waals surface area contributed by atoms with Crippen LogP contribution in [-0.2, 0) is 17.8 Å². The van der Waals surface area contributed by atoms with Crippen molar-refractivity contribution in [2.45, 2.75) is 20.0 Å². The summed E-state index contributed by atoms with van der Waals surface area (Å²) in [7, 11) is 1.18. The highest BCUT2D eigenvalue weighted by atomic mass is 35.5. The molecule has 122 valence electrons. The Morgan fingerprint density at radius 3 is 2.70 bits per heavy atom. The van der Waals surface area contributed by atoms with E-state index < -0.39 is 12.0 Å². The molecule has 0 aliphatic rings. The molecule has 2 aromatic rings. The molecule has 23 heavy (non-hydrogen) atoms. The van der Waals surface area contributed by atoms with Gasteiger partial charge in [0.2, 0.25) is 0 Å². The Bertz CT molecular complexity index is 703. The molecule has 0 aromatic heterocycles. The number of rotatable bonds is 5. The van der Waals surface area contributed by atoms with E-state index in [4.69, 9.17) is 21.1 Å². The number of methoxy groups -OCH3 is 1. The maximum Gasteiger partial charge on any atom is 0.513 e. The molecule has 0 bridgehead atoms. The molecule has 0 aliphatic carbocycles. The lowest BCUT2D eigenvalue weighted by atomic mass is 10.1. The predicted molar refractivity (Wildman–Crippen MR) is 84.6 cm³/mol. The van der Waals surface area contributed by atoms with Crippen LogP contribution in [0.4, 0.5) is 9.18 Å². The van der Waals surface area contributed by atoms with Gasteiger partial charge >= 0.3 is 6.16 Å². The third-order valence-corrected chi connectivity index (χ3v) is 3.58. The number of carbonyl (C=O) groups is 1. The fourth-order valence-electron chi connectivity index (χ4n) is 1.97. The normalized spacial score (nSPS) is 10.3. The Labute approximate surface area is 138 Å².